The van der Waals surface area contributed by atoms with E-state index in [4.69, 9.17) is 0 Å². The molecule has 15 heavy (non-hydrogen) atoms. The number of hydrogen-bond acceptors (Lipinski definition) is 2. The van der Waals surface area contributed by atoms with Crippen LogP contribution < -0.4 is 0 Å². The summed E-state index contributed by atoms with van der Waals surface area (Å²) in [5.74, 6) is 0.929. The number of likely N-dealkylation sites (tertiary alicyclic amines) is 1. The van der Waals surface area contributed by atoms with Gasteiger partial charge in [0, 0.05) is 19.1 Å². The Kier molecular flexibility index (Phi) is 3.39. The van der Waals surface area contributed by atoms with Gasteiger partial charge >= 0.3 is 0 Å². The maximum atomic E-state index is 9.41. The fourth-order valence-corrected chi connectivity index (χ4v) is 2.54. The number of rotatable bonds is 2. The van der Waals surface area contributed by atoms with Gasteiger partial charge in [-0.05, 0) is 31.5 Å². The van der Waals surface area contributed by atoms with Crippen LogP contribution in [0, 0.1) is 5.92 Å². The van der Waals surface area contributed by atoms with Crippen LogP contribution in [0.5, 0.6) is 0 Å². The van der Waals surface area contributed by atoms with Gasteiger partial charge in [0.05, 0.1) is 0 Å². The fraction of sp³-hybridized carbons (Fsp3) is 0.538. The first-order chi connectivity index (χ1) is 7.31. The van der Waals surface area contributed by atoms with Gasteiger partial charge in [-0.2, -0.15) is 0 Å². The van der Waals surface area contributed by atoms with E-state index in [0.29, 0.717) is 18.4 Å². The third-order valence-corrected chi connectivity index (χ3v) is 3.40. The zero-order valence-corrected chi connectivity index (χ0v) is 9.26. The van der Waals surface area contributed by atoms with Crippen LogP contribution in [0.25, 0.3) is 0 Å². The molecule has 0 aliphatic carbocycles. The molecule has 1 aromatic rings. The molecule has 1 saturated heterocycles. The minimum absolute atomic E-state index is 0.296. The highest BCUT2D eigenvalue weighted by Crippen LogP contribution is 2.31. The van der Waals surface area contributed by atoms with Crippen LogP contribution in [0.4, 0.5) is 0 Å². The molecule has 1 aromatic carbocycles. The second kappa shape index (κ2) is 4.77. The third kappa shape index (κ3) is 2.39. The van der Waals surface area contributed by atoms with Crippen LogP contribution in [0.2, 0.25) is 0 Å². The van der Waals surface area contributed by atoms with E-state index in [2.05, 4.69) is 36.2 Å². The van der Waals surface area contributed by atoms with Crippen LogP contribution >= 0.6 is 0 Å². The molecule has 1 N–H and O–H groups in total. The van der Waals surface area contributed by atoms with E-state index >= 15 is 0 Å². The van der Waals surface area contributed by atoms with Gasteiger partial charge in [-0.3, -0.25) is 0 Å². The topological polar surface area (TPSA) is 23.5 Å². The van der Waals surface area contributed by atoms with Crippen molar-refractivity contribution in [2.45, 2.75) is 12.3 Å². The molecule has 1 fully saturated rings. The van der Waals surface area contributed by atoms with Crippen LogP contribution in [0.1, 0.15) is 17.9 Å². The Morgan fingerprint density at radius 1 is 1.33 bits per heavy atom. The summed E-state index contributed by atoms with van der Waals surface area (Å²) in [6, 6.07) is 10.6. The molecule has 0 saturated carbocycles. The molecule has 1 aliphatic heterocycles. The van der Waals surface area contributed by atoms with Gasteiger partial charge < -0.3 is 10.0 Å². The minimum Gasteiger partial charge on any atom is -0.396 e. The van der Waals surface area contributed by atoms with Crippen molar-refractivity contribution in [2.75, 3.05) is 26.7 Å². The van der Waals surface area contributed by atoms with Crippen LogP contribution in [0.3, 0.4) is 0 Å². The molecule has 0 amide bonds. The van der Waals surface area contributed by atoms with Crippen molar-refractivity contribution in [1.82, 2.24) is 4.90 Å². The molecule has 2 heteroatoms. The molecule has 0 unspecified atom stereocenters. The summed E-state index contributed by atoms with van der Waals surface area (Å²) in [6.45, 7) is 2.44. The first kappa shape index (κ1) is 10.7. The summed E-state index contributed by atoms with van der Waals surface area (Å²) in [4.78, 5) is 2.31. The van der Waals surface area contributed by atoms with Gasteiger partial charge in [-0.25, -0.2) is 0 Å². The lowest BCUT2D eigenvalue weighted by Gasteiger charge is -2.36. The largest absolute Gasteiger partial charge is 0.396 e. The second-order valence-corrected chi connectivity index (χ2v) is 4.51. The number of aliphatic hydroxyl groups excluding tert-OH is 1. The van der Waals surface area contributed by atoms with Crippen LogP contribution in [-0.4, -0.2) is 36.8 Å². The predicted octanol–water partition coefficient (Wildman–Crippen LogP) is 1.71. The number of nitrogens with zero attached hydrogens (tertiary/aromatic N) is 1. The summed E-state index contributed by atoms with van der Waals surface area (Å²) in [7, 11) is 2.13. The molecule has 0 bridgehead atoms. The standard InChI is InChI=1S/C13H19NO/c1-14-8-7-13(12(9-14)10-15)11-5-3-2-4-6-11/h2-6,12-13,15H,7-10H2,1H3/t12-,13-/m0/s1. The van der Waals surface area contributed by atoms with Crippen LogP contribution in [-0.2, 0) is 0 Å². The van der Waals surface area contributed by atoms with E-state index in [-0.39, 0.29) is 0 Å². The van der Waals surface area contributed by atoms with E-state index in [1.807, 2.05) is 6.07 Å². The minimum atomic E-state index is 0.296. The molecule has 0 aromatic heterocycles. The quantitative estimate of drug-likeness (QED) is 0.794. The lowest BCUT2D eigenvalue weighted by molar-refractivity contribution is 0.118. The van der Waals surface area contributed by atoms with Crippen molar-refractivity contribution in [1.29, 1.82) is 0 Å². The molecule has 1 heterocycles. The van der Waals surface area contributed by atoms with Crippen molar-refractivity contribution in [3.05, 3.63) is 35.9 Å². The summed E-state index contributed by atoms with van der Waals surface area (Å²) < 4.78 is 0. The van der Waals surface area contributed by atoms with Gasteiger partial charge in [0.1, 0.15) is 0 Å². The van der Waals surface area contributed by atoms with Gasteiger partial charge in [-0.15, -0.1) is 0 Å². The van der Waals surface area contributed by atoms with Crippen molar-refractivity contribution in [2.24, 2.45) is 5.92 Å². The van der Waals surface area contributed by atoms with E-state index in [9.17, 15) is 5.11 Å². The first-order valence-corrected chi connectivity index (χ1v) is 5.65. The number of piperidine rings is 1. The Labute approximate surface area is 91.5 Å². The Morgan fingerprint density at radius 3 is 2.73 bits per heavy atom. The van der Waals surface area contributed by atoms with Crippen molar-refractivity contribution in [3.63, 3.8) is 0 Å². The van der Waals surface area contributed by atoms with Crippen LogP contribution in [0.15, 0.2) is 30.3 Å². The Bertz CT molecular complexity index is 299. The van der Waals surface area contributed by atoms with Gasteiger partial charge in [0.2, 0.25) is 0 Å². The highest BCUT2D eigenvalue weighted by Gasteiger charge is 2.27. The summed E-state index contributed by atoms with van der Waals surface area (Å²) >= 11 is 0. The Morgan fingerprint density at radius 2 is 2.07 bits per heavy atom. The maximum absolute atomic E-state index is 9.41. The lowest BCUT2D eigenvalue weighted by atomic mass is 9.81. The molecule has 2 atom stereocenters. The number of hydrogen-bond donors (Lipinski definition) is 1. The second-order valence-electron chi connectivity index (χ2n) is 4.51. The highest BCUT2D eigenvalue weighted by atomic mass is 16.3. The van der Waals surface area contributed by atoms with E-state index < -0.39 is 0 Å². The fourth-order valence-electron chi connectivity index (χ4n) is 2.54. The monoisotopic (exact) mass is 205 g/mol. The summed E-state index contributed by atoms with van der Waals surface area (Å²) in [5.41, 5.74) is 1.38. The molecule has 1 aliphatic rings. The summed E-state index contributed by atoms with van der Waals surface area (Å²) in [5, 5.41) is 9.41. The molecular weight excluding hydrogens is 186 g/mol. The van der Waals surface area contributed by atoms with Gasteiger partial charge in [0.25, 0.3) is 0 Å². The molecule has 2 rings (SSSR count). The summed E-state index contributed by atoms with van der Waals surface area (Å²) in [6.07, 6.45) is 1.16. The maximum Gasteiger partial charge on any atom is 0.0477 e. The lowest BCUT2D eigenvalue weighted by Crippen LogP contribution is -2.38. The normalized spacial score (nSPS) is 27.9. The van der Waals surface area contributed by atoms with E-state index in [1.54, 1.807) is 0 Å². The van der Waals surface area contributed by atoms with Crippen molar-refractivity contribution in [3.8, 4) is 0 Å². The Hall–Kier alpha value is -0.860. The van der Waals surface area contributed by atoms with Crippen molar-refractivity contribution < 1.29 is 5.11 Å². The average Bonchev–Trinajstić information content (AvgIpc) is 2.30. The SMILES string of the molecule is CN1CC[C@@H](c2ccccc2)[C@H](CO)C1. The molecular formula is C13H19NO. The van der Waals surface area contributed by atoms with Crippen molar-refractivity contribution >= 4 is 0 Å². The Balaban J connectivity index is 2.14. The number of benzene rings is 1. The van der Waals surface area contributed by atoms with E-state index in [1.165, 1.54) is 5.56 Å². The first-order valence-electron chi connectivity index (χ1n) is 5.65. The predicted molar refractivity (Wildman–Crippen MR) is 61.9 cm³/mol. The number of aliphatic hydroxyl groups is 1. The smallest absolute Gasteiger partial charge is 0.0477 e. The highest BCUT2D eigenvalue weighted by molar-refractivity contribution is 5.21. The zero-order valence-electron chi connectivity index (χ0n) is 9.26. The third-order valence-electron chi connectivity index (χ3n) is 3.40. The molecule has 82 valence electrons. The molecule has 0 spiro atoms. The van der Waals surface area contributed by atoms with E-state index in [0.717, 1.165) is 19.5 Å². The van der Waals surface area contributed by atoms with Gasteiger partial charge in [-0.1, -0.05) is 30.3 Å². The molecule has 2 nitrogen and oxygen atoms in total. The molecule has 0 radical (unpaired) electrons. The zero-order chi connectivity index (χ0) is 10.7. The average molecular weight is 205 g/mol. The van der Waals surface area contributed by atoms with Gasteiger partial charge in [0.15, 0.2) is 0 Å².